The van der Waals surface area contributed by atoms with Gasteiger partial charge in [0, 0.05) is 0 Å². The van der Waals surface area contributed by atoms with Gasteiger partial charge in [0.25, 0.3) is 0 Å². The summed E-state index contributed by atoms with van der Waals surface area (Å²) in [6, 6.07) is 27.7. The van der Waals surface area contributed by atoms with E-state index in [1.807, 2.05) is 91.0 Å². The molecular formula is C27H26INO4. The Labute approximate surface area is 207 Å². The lowest BCUT2D eigenvalue weighted by molar-refractivity contribution is -0.173. The second kappa shape index (κ2) is 11.3. The molecule has 0 saturated carbocycles. The molecule has 170 valence electrons. The number of carbonyl (C=O) groups excluding carboxylic acids is 2. The van der Waals surface area contributed by atoms with Gasteiger partial charge in [0.05, 0.1) is 0 Å². The van der Waals surface area contributed by atoms with Gasteiger partial charge in [-0.3, -0.25) is 4.90 Å². The quantitative estimate of drug-likeness (QED) is 0.197. The van der Waals surface area contributed by atoms with E-state index in [-0.39, 0.29) is 6.61 Å². The van der Waals surface area contributed by atoms with Crippen LogP contribution in [0.5, 0.6) is 0 Å². The molecule has 1 amide bonds. The average molecular weight is 555 g/mol. The summed E-state index contributed by atoms with van der Waals surface area (Å²) in [7, 11) is 0. The first kappa shape index (κ1) is 23.3. The van der Waals surface area contributed by atoms with Crippen LogP contribution in [0.15, 0.2) is 91.0 Å². The predicted octanol–water partition coefficient (Wildman–Crippen LogP) is 6.25. The van der Waals surface area contributed by atoms with E-state index in [4.69, 9.17) is 9.47 Å². The van der Waals surface area contributed by atoms with E-state index in [9.17, 15) is 9.59 Å². The number of esters is 1. The third-order valence-electron chi connectivity index (χ3n) is 5.73. The lowest BCUT2D eigenvalue weighted by Crippen LogP contribution is -2.54. The van der Waals surface area contributed by atoms with Gasteiger partial charge in [0.15, 0.2) is 6.10 Å². The zero-order valence-corrected chi connectivity index (χ0v) is 20.3. The van der Waals surface area contributed by atoms with Crippen molar-refractivity contribution in [3.63, 3.8) is 0 Å². The Morgan fingerprint density at radius 2 is 1.45 bits per heavy atom. The number of amides is 1. The van der Waals surface area contributed by atoms with Crippen molar-refractivity contribution in [2.24, 2.45) is 0 Å². The Morgan fingerprint density at radius 1 is 0.879 bits per heavy atom. The smallest absolute Gasteiger partial charge is 0.411 e. The molecule has 0 bridgehead atoms. The molecule has 1 aliphatic rings. The number of morpholine rings is 1. The Hall–Kier alpha value is -2.87. The Bertz CT molecular complexity index is 1050. The second-order valence-corrected chi connectivity index (χ2v) is 9.00. The number of benzene rings is 3. The van der Waals surface area contributed by atoms with Gasteiger partial charge >= 0.3 is 12.1 Å². The molecule has 0 N–H and O–H groups in total. The molecule has 0 radical (unpaired) electrons. The minimum absolute atomic E-state index is 0.141. The molecule has 5 nitrogen and oxygen atoms in total. The highest BCUT2D eigenvalue weighted by molar-refractivity contribution is 14.1. The first-order valence-corrected chi connectivity index (χ1v) is 12.6. The third-order valence-corrected chi connectivity index (χ3v) is 6.50. The third kappa shape index (κ3) is 5.55. The fourth-order valence-electron chi connectivity index (χ4n) is 4.16. The number of carbonyl (C=O) groups is 2. The van der Waals surface area contributed by atoms with Crippen LogP contribution in [0.3, 0.4) is 0 Å². The van der Waals surface area contributed by atoms with Gasteiger partial charge in [0.1, 0.15) is 18.7 Å². The van der Waals surface area contributed by atoms with E-state index in [0.717, 1.165) is 27.5 Å². The highest BCUT2D eigenvalue weighted by Crippen LogP contribution is 2.43. The summed E-state index contributed by atoms with van der Waals surface area (Å²) in [6.07, 6.45) is 0.179. The summed E-state index contributed by atoms with van der Waals surface area (Å²) in [6.45, 7) is 0.141. The normalized spacial score (nSPS) is 20.2. The fraction of sp³-hybridized carbons (Fsp3) is 0.259. The topological polar surface area (TPSA) is 55.8 Å². The zero-order chi connectivity index (χ0) is 23.0. The van der Waals surface area contributed by atoms with Crippen molar-refractivity contribution in [2.75, 3.05) is 4.43 Å². The van der Waals surface area contributed by atoms with E-state index in [1.165, 1.54) is 0 Å². The summed E-state index contributed by atoms with van der Waals surface area (Å²) < 4.78 is 12.6. The van der Waals surface area contributed by atoms with E-state index in [0.29, 0.717) is 6.42 Å². The van der Waals surface area contributed by atoms with Crippen LogP contribution < -0.4 is 0 Å². The standard InChI is InChI=1S/C27H26INO4/c28-18-10-17-23-26(30)33-25(22-15-8-3-9-16-22)24(21-13-6-2-7-14-21)29(23)27(31)32-19-20-11-4-1-5-12-20/h1-9,11-16,23-25H,10,17-19H2/t23-,24-,25+/m1/s1. The number of alkyl halides is 1. The number of halogens is 1. The van der Waals surface area contributed by atoms with Gasteiger partial charge in [-0.25, -0.2) is 9.59 Å². The molecule has 3 atom stereocenters. The number of cyclic esters (lactones) is 1. The van der Waals surface area contributed by atoms with Crippen molar-refractivity contribution in [1.29, 1.82) is 0 Å². The maximum atomic E-state index is 13.5. The van der Waals surface area contributed by atoms with Crippen molar-refractivity contribution >= 4 is 34.7 Å². The van der Waals surface area contributed by atoms with Crippen LogP contribution in [-0.4, -0.2) is 27.4 Å². The summed E-state index contributed by atoms with van der Waals surface area (Å²) in [5.74, 6) is -0.391. The summed E-state index contributed by atoms with van der Waals surface area (Å²) >= 11 is 2.28. The summed E-state index contributed by atoms with van der Waals surface area (Å²) in [5, 5.41) is 0. The number of hydrogen-bond donors (Lipinski definition) is 0. The first-order chi connectivity index (χ1) is 16.2. The van der Waals surface area contributed by atoms with E-state index >= 15 is 0 Å². The monoisotopic (exact) mass is 555 g/mol. The Morgan fingerprint density at radius 3 is 2.06 bits per heavy atom. The SMILES string of the molecule is O=C1O[C@@H](c2ccccc2)[C@@H](c2ccccc2)N(C(=O)OCc2ccccc2)[C@@H]1CCCI. The molecule has 33 heavy (non-hydrogen) atoms. The predicted molar refractivity (Wildman–Crippen MR) is 135 cm³/mol. The van der Waals surface area contributed by atoms with Gasteiger partial charge < -0.3 is 9.47 Å². The van der Waals surface area contributed by atoms with Crippen molar-refractivity contribution in [3.8, 4) is 0 Å². The highest BCUT2D eigenvalue weighted by atomic mass is 127. The van der Waals surface area contributed by atoms with Crippen LogP contribution in [-0.2, 0) is 20.9 Å². The molecule has 0 unspecified atom stereocenters. The largest absolute Gasteiger partial charge is 0.453 e. The fourth-order valence-corrected chi connectivity index (χ4v) is 4.60. The van der Waals surface area contributed by atoms with E-state index in [2.05, 4.69) is 22.6 Å². The minimum Gasteiger partial charge on any atom is -0.453 e. The van der Waals surface area contributed by atoms with Crippen LogP contribution in [0.1, 0.15) is 41.7 Å². The Balaban J connectivity index is 1.72. The molecular weight excluding hydrogens is 529 g/mol. The summed E-state index contributed by atoms with van der Waals surface area (Å²) in [4.78, 5) is 28.3. The Kier molecular flexibility index (Phi) is 7.99. The second-order valence-electron chi connectivity index (χ2n) is 7.92. The van der Waals surface area contributed by atoms with Gasteiger partial charge in [-0.2, -0.15) is 0 Å². The average Bonchev–Trinajstić information content (AvgIpc) is 2.87. The number of hydrogen-bond acceptors (Lipinski definition) is 4. The van der Waals surface area contributed by atoms with Gasteiger partial charge in [-0.15, -0.1) is 0 Å². The zero-order valence-electron chi connectivity index (χ0n) is 18.2. The van der Waals surface area contributed by atoms with E-state index < -0.39 is 30.3 Å². The molecule has 4 rings (SSSR count). The maximum absolute atomic E-state index is 13.5. The van der Waals surface area contributed by atoms with Crippen molar-refractivity contribution in [3.05, 3.63) is 108 Å². The van der Waals surface area contributed by atoms with Crippen molar-refractivity contribution in [1.82, 2.24) is 4.90 Å². The molecule has 1 heterocycles. The molecule has 0 aromatic heterocycles. The molecule has 0 spiro atoms. The minimum atomic E-state index is -0.701. The lowest BCUT2D eigenvalue weighted by atomic mass is 9.90. The number of ether oxygens (including phenoxy) is 2. The van der Waals surface area contributed by atoms with Gasteiger partial charge in [-0.05, 0) is 34.0 Å². The summed E-state index contributed by atoms with van der Waals surface area (Å²) in [5.41, 5.74) is 2.63. The van der Waals surface area contributed by atoms with Crippen LogP contribution in [0.25, 0.3) is 0 Å². The molecule has 1 aliphatic heterocycles. The van der Waals surface area contributed by atoms with Crippen LogP contribution >= 0.6 is 22.6 Å². The van der Waals surface area contributed by atoms with Crippen molar-refractivity contribution in [2.45, 2.75) is 37.6 Å². The molecule has 3 aromatic carbocycles. The lowest BCUT2D eigenvalue weighted by Gasteiger charge is -2.44. The van der Waals surface area contributed by atoms with Gasteiger partial charge in [0.2, 0.25) is 0 Å². The number of rotatable bonds is 7. The van der Waals surface area contributed by atoms with Crippen molar-refractivity contribution < 1.29 is 19.1 Å². The molecule has 6 heteroatoms. The highest BCUT2D eigenvalue weighted by Gasteiger charge is 2.48. The molecule has 3 aromatic rings. The van der Waals surface area contributed by atoms with Gasteiger partial charge in [-0.1, -0.05) is 114 Å². The maximum Gasteiger partial charge on any atom is 0.411 e. The van der Waals surface area contributed by atoms with Crippen LogP contribution in [0.2, 0.25) is 0 Å². The molecule has 0 aliphatic carbocycles. The van der Waals surface area contributed by atoms with Crippen LogP contribution in [0, 0.1) is 0 Å². The number of nitrogens with zero attached hydrogens (tertiary/aromatic N) is 1. The molecule has 1 saturated heterocycles. The molecule has 1 fully saturated rings. The first-order valence-electron chi connectivity index (χ1n) is 11.0. The van der Waals surface area contributed by atoms with E-state index in [1.54, 1.807) is 4.90 Å². The van der Waals surface area contributed by atoms with Crippen LogP contribution in [0.4, 0.5) is 4.79 Å².